The number of thiophene rings is 1. The lowest BCUT2D eigenvalue weighted by Gasteiger charge is -2.29. The molecule has 0 spiro atoms. The molecule has 3 rings (SSSR count). The average Bonchev–Trinajstić information content (AvgIpc) is 2.92. The van der Waals surface area contributed by atoms with Gasteiger partial charge in [0.15, 0.2) is 0 Å². The third-order valence-electron chi connectivity index (χ3n) is 3.33. The number of halogens is 1. The van der Waals surface area contributed by atoms with Gasteiger partial charge in [0.2, 0.25) is 0 Å². The van der Waals surface area contributed by atoms with E-state index in [1.807, 2.05) is 24.3 Å². The summed E-state index contributed by atoms with van der Waals surface area (Å²) in [6.07, 6.45) is 0. The van der Waals surface area contributed by atoms with E-state index in [4.69, 9.17) is 16.3 Å². The maximum atomic E-state index is 5.90. The molecule has 2 aromatic rings. The summed E-state index contributed by atoms with van der Waals surface area (Å²) < 4.78 is 6.57. The van der Waals surface area contributed by atoms with Crippen LogP contribution in [0.25, 0.3) is 0 Å². The summed E-state index contributed by atoms with van der Waals surface area (Å²) in [5, 5.41) is 3.36. The Morgan fingerprint density at radius 2 is 1.85 bits per heavy atom. The van der Waals surface area contributed by atoms with Gasteiger partial charge >= 0.3 is 0 Å². The zero-order valence-electron chi connectivity index (χ0n) is 11.1. The van der Waals surface area contributed by atoms with Crippen molar-refractivity contribution in [2.24, 2.45) is 0 Å². The van der Waals surface area contributed by atoms with Crippen LogP contribution in [0.5, 0.6) is 5.75 Å². The second kappa shape index (κ2) is 6.48. The molecule has 106 valence electrons. The van der Waals surface area contributed by atoms with Crippen LogP contribution in [0.4, 0.5) is 5.69 Å². The molecule has 1 aromatic carbocycles. The Bertz CT molecular complexity index is 549. The van der Waals surface area contributed by atoms with Gasteiger partial charge in [-0.05, 0) is 36.4 Å². The zero-order chi connectivity index (χ0) is 13.8. The SMILES string of the molecule is Clc1ccc(COc2ccc(N3CCNCC3)cc2)s1. The van der Waals surface area contributed by atoms with Gasteiger partial charge in [-0.2, -0.15) is 0 Å². The fraction of sp³-hybridized carbons (Fsp3) is 0.333. The largest absolute Gasteiger partial charge is 0.488 e. The molecular weight excluding hydrogens is 292 g/mol. The smallest absolute Gasteiger partial charge is 0.122 e. The molecule has 0 atom stereocenters. The van der Waals surface area contributed by atoms with Crippen LogP contribution >= 0.6 is 22.9 Å². The lowest BCUT2D eigenvalue weighted by atomic mass is 10.2. The molecule has 1 aliphatic rings. The quantitative estimate of drug-likeness (QED) is 0.937. The van der Waals surface area contributed by atoms with E-state index in [2.05, 4.69) is 22.3 Å². The van der Waals surface area contributed by atoms with E-state index < -0.39 is 0 Å². The van der Waals surface area contributed by atoms with Gasteiger partial charge in [-0.25, -0.2) is 0 Å². The monoisotopic (exact) mass is 308 g/mol. The van der Waals surface area contributed by atoms with E-state index in [1.165, 1.54) is 5.69 Å². The second-order valence-corrected chi connectivity index (χ2v) is 6.53. The van der Waals surface area contributed by atoms with Crippen molar-refractivity contribution >= 4 is 28.6 Å². The van der Waals surface area contributed by atoms with Gasteiger partial charge in [0, 0.05) is 36.7 Å². The molecular formula is C15H17ClN2OS. The topological polar surface area (TPSA) is 24.5 Å². The number of anilines is 1. The van der Waals surface area contributed by atoms with E-state index in [-0.39, 0.29) is 0 Å². The first-order chi connectivity index (χ1) is 9.81. The first-order valence-corrected chi connectivity index (χ1v) is 7.93. The number of hydrogen-bond acceptors (Lipinski definition) is 4. The molecule has 1 saturated heterocycles. The highest BCUT2D eigenvalue weighted by atomic mass is 35.5. The molecule has 0 aliphatic carbocycles. The Balaban J connectivity index is 1.58. The molecule has 1 fully saturated rings. The van der Waals surface area contributed by atoms with Gasteiger partial charge in [-0.3, -0.25) is 0 Å². The minimum atomic E-state index is 0.574. The van der Waals surface area contributed by atoms with Crippen LogP contribution in [0.3, 0.4) is 0 Å². The van der Waals surface area contributed by atoms with Crippen molar-refractivity contribution in [3.8, 4) is 5.75 Å². The number of nitrogens with one attached hydrogen (secondary N) is 1. The summed E-state index contributed by atoms with van der Waals surface area (Å²) in [4.78, 5) is 3.53. The molecule has 2 heterocycles. The standard InChI is InChI=1S/C15H17ClN2OS/c16-15-6-5-14(20-15)11-19-13-3-1-12(2-4-13)18-9-7-17-8-10-18/h1-6,17H,7-11H2. The third-order valence-corrected chi connectivity index (χ3v) is 4.53. The van der Waals surface area contributed by atoms with Gasteiger partial charge in [0.05, 0.1) is 4.34 Å². The number of rotatable bonds is 4. The van der Waals surface area contributed by atoms with Crippen molar-refractivity contribution in [2.75, 3.05) is 31.1 Å². The first kappa shape index (κ1) is 13.7. The highest BCUT2D eigenvalue weighted by Gasteiger charge is 2.10. The van der Waals surface area contributed by atoms with Crippen LogP contribution in [0.15, 0.2) is 36.4 Å². The Kier molecular flexibility index (Phi) is 4.45. The molecule has 0 radical (unpaired) electrons. The Morgan fingerprint density at radius 1 is 1.10 bits per heavy atom. The summed E-state index contributed by atoms with van der Waals surface area (Å²) in [6, 6.07) is 12.2. The van der Waals surface area contributed by atoms with Gasteiger partial charge in [-0.1, -0.05) is 11.6 Å². The molecule has 0 unspecified atom stereocenters. The van der Waals surface area contributed by atoms with Crippen LogP contribution in [0, 0.1) is 0 Å². The van der Waals surface area contributed by atoms with E-state index in [0.29, 0.717) is 6.61 Å². The Hall–Kier alpha value is -1.23. The van der Waals surface area contributed by atoms with Crippen molar-refractivity contribution in [1.29, 1.82) is 0 Å². The summed E-state index contributed by atoms with van der Waals surface area (Å²) in [5.41, 5.74) is 1.26. The van der Waals surface area contributed by atoms with Crippen molar-refractivity contribution in [2.45, 2.75) is 6.61 Å². The lowest BCUT2D eigenvalue weighted by molar-refractivity contribution is 0.310. The highest BCUT2D eigenvalue weighted by Crippen LogP contribution is 2.24. The molecule has 0 amide bonds. The molecule has 3 nitrogen and oxygen atoms in total. The number of piperazine rings is 1. The van der Waals surface area contributed by atoms with Crippen molar-refractivity contribution in [3.05, 3.63) is 45.6 Å². The predicted octanol–water partition coefficient (Wildman–Crippen LogP) is 3.39. The van der Waals surface area contributed by atoms with Crippen molar-refractivity contribution in [3.63, 3.8) is 0 Å². The van der Waals surface area contributed by atoms with Crippen molar-refractivity contribution < 1.29 is 4.74 Å². The van der Waals surface area contributed by atoms with Gasteiger partial charge < -0.3 is 15.0 Å². The highest BCUT2D eigenvalue weighted by molar-refractivity contribution is 7.16. The minimum absolute atomic E-state index is 0.574. The van der Waals surface area contributed by atoms with E-state index >= 15 is 0 Å². The zero-order valence-corrected chi connectivity index (χ0v) is 12.7. The minimum Gasteiger partial charge on any atom is -0.488 e. The summed E-state index contributed by atoms with van der Waals surface area (Å²) in [5.74, 6) is 0.897. The Labute approximate surface area is 128 Å². The van der Waals surface area contributed by atoms with E-state index in [0.717, 1.165) is 41.1 Å². The van der Waals surface area contributed by atoms with E-state index in [1.54, 1.807) is 11.3 Å². The summed E-state index contributed by atoms with van der Waals surface area (Å²) in [6.45, 7) is 4.81. The van der Waals surface area contributed by atoms with Crippen LogP contribution in [-0.4, -0.2) is 26.2 Å². The number of hydrogen-bond donors (Lipinski definition) is 1. The van der Waals surface area contributed by atoms with Gasteiger partial charge in [0.1, 0.15) is 12.4 Å². The molecule has 20 heavy (non-hydrogen) atoms. The first-order valence-electron chi connectivity index (χ1n) is 6.74. The maximum Gasteiger partial charge on any atom is 0.122 e. The molecule has 0 bridgehead atoms. The maximum absolute atomic E-state index is 5.90. The molecule has 1 aromatic heterocycles. The molecule has 1 N–H and O–H groups in total. The lowest BCUT2D eigenvalue weighted by Crippen LogP contribution is -2.43. The van der Waals surface area contributed by atoms with E-state index in [9.17, 15) is 0 Å². The van der Waals surface area contributed by atoms with Gasteiger partial charge in [-0.15, -0.1) is 11.3 Å². The number of benzene rings is 1. The summed E-state index contributed by atoms with van der Waals surface area (Å²) >= 11 is 7.46. The van der Waals surface area contributed by atoms with Crippen molar-refractivity contribution in [1.82, 2.24) is 5.32 Å². The fourth-order valence-corrected chi connectivity index (χ4v) is 3.26. The summed E-state index contributed by atoms with van der Waals surface area (Å²) in [7, 11) is 0. The molecule has 5 heteroatoms. The second-order valence-electron chi connectivity index (χ2n) is 4.73. The van der Waals surface area contributed by atoms with Crippen LogP contribution in [0.1, 0.15) is 4.88 Å². The normalized spacial score (nSPS) is 15.3. The van der Waals surface area contributed by atoms with Gasteiger partial charge in [0.25, 0.3) is 0 Å². The average molecular weight is 309 g/mol. The molecule has 0 saturated carbocycles. The fourth-order valence-electron chi connectivity index (χ4n) is 2.26. The Morgan fingerprint density at radius 3 is 2.50 bits per heavy atom. The number of ether oxygens (including phenoxy) is 1. The van der Waals surface area contributed by atoms with Crippen LogP contribution in [-0.2, 0) is 6.61 Å². The number of nitrogens with zero attached hydrogens (tertiary/aromatic N) is 1. The third kappa shape index (κ3) is 3.45. The predicted molar refractivity (Wildman–Crippen MR) is 85.2 cm³/mol. The van der Waals surface area contributed by atoms with Crippen LogP contribution < -0.4 is 15.0 Å². The molecule has 1 aliphatic heterocycles. The van der Waals surface area contributed by atoms with Crippen LogP contribution in [0.2, 0.25) is 4.34 Å².